The average Bonchev–Trinajstić information content (AvgIpc) is 2.89. The van der Waals surface area contributed by atoms with E-state index in [1.165, 1.54) is 180 Å². The maximum absolute atomic E-state index is 2.66. The van der Waals surface area contributed by atoms with Gasteiger partial charge in [0.2, 0.25) is 0 Å². The minimum Gasteiger partial charge on any atom is -0.376 e. The molecule has 0 rings (SSSR count). The molecule has 0 saturated heterocycles. The number of rotatable bonds is 30. The van der Waals surface area contributed by atoms with Crippen molar-refractivity contribution in [2.75, 3.05) is 26.2 Å². The highest BCUT2D eigenvalue weighted by molar-refractivity contribution is 4.84. The fourth-order valence-electron chi connectivity index (χ4n) is 5.09. The van der Waals surface area contributed by atoms with Gasteiger partial charge in [0.15, 0.2) is 0 Å². The van der Waals surface area contributed by atoms with Gasteiger partial charge in [-0.1, -0.05) is 156 Å². The van der Waals surface area contributed by atoms with E-state index in [0.717, 1.165) is 0 Å². The van der Waals surface area contributed by atoms with Crippen LogP contribution in [0.2, 0.25) is 0 Å². The third-order valence-corrected chi connectivity index (χ3v) is 7.68. The molecule has 0 amide bonds. The van der Waals surface area contributed by atoms with Crippen LogP contribution in [0.25, 0.3) is 0 Å². The zero-order valence-electron chi connectivity index (χ0n) is 25.8. The van der Waals surface area contributed by atoms with Crippen LogP contribution in [-0.4, -0.2) is 36.0 Å². The van der Waals surface area contributed by atoms with Crippen molar-refractivity contribution in [3.05, 3.63) is 12.4 Å². The summed E-state index contributed by atoms with van der Waals surface area (Å²) in [5.74, 6) is 0. The van der Waals surface area contributed by atoms with Gasteiger partial charge in [0.05, 0.1) is 0 Å². The Morgan fingerprint density at radius 3 is 0.694 bits per heavy atom. The third-order valence-electron chi connectivity index (χ3n) is 7.68. The third kappa shape index (κ3) is 26.4. The van der Waals surface area contributed by atoms with Crippen molar-refractivity contribution < 1.29 is 0 Å². The van der Waals surface area contributed by atoms with Gasteiger partial charge in [-0.2, -0.15) is 0 Å². The van der Waals surface area contributed by atoms with Gasteiger partial charge in [0.1, 0.15) is 0 Å². The number of unbranched alkanes of at least 4 members (excludes halogenated alkanes) is 20. The van der Waals surface area contributed by atoms with Gasteiger partial charge >= 0.3 is 0 Å². The van der Waals surface area contributed by atoms with Crippen molar-refractivity contribution in [3.63, 3.8) is 0 Å². The average molecular weight is 507 g/mol. The van der Waals surface area contributed by atoms with Gasteiger partial charge in [0.25, 0.3) is 0 Å². The summed E-state index contributed by atoms with van der Waals surface area (Å²) in [7, 11) is 0. The van der Waals surface area contributed by atoms with E-state index in [4.69, 9.17) is 0 Å². The second kappa shape index (κ2) is 30.6. The quantitative estimate of drug-likeness (QED) is 0.0893. The van der Waals surface area contributed by atoms with Gasteiger partial charge < -0.3 is 9.80 Å². The lowest BCUT2D eigenvalue weighted by Crippen LogP contribution is -2.24. The van der Waals surface area contributed by atoms with Crippen molar-refractivity contribution in [1.82, 2.24) is 9.80 Å². The first-order valence-electron chi connectivity index (χ1n) is 16.9. The van der Waals surface area contributed by atoms with E-state index < -0.39 is 0 Å². The molecule has 2 nitrogen and oxygen atoms in total. The highest BCUT2D eigenvalue weighted by atomic mass is 15.1. The van der Waals surface area contributed by atoms with Crippen molar-refractivity contribution in [2.45, 2.75) is 182 Å². The Hall–Kier alpha value is -0.660. The fraction of sp³-hybridized carbons (Fsp3) is 0.941. The topological polar surface area (TPSA) is 6.48 Å². The Morgan fingerprint density at radius 1 is 0.278 bits per heavy atom. The zero-order valence-corrected chi connectivity index (χ0v) is 25.8. The first kappa shape index (κ1) is 35.3. The molecule has 0 radical (unpaired) electrons. The van der Waals surface area contributed by atoms with Gasteiger partial charge in [-0.05, 0) is 25.7 Å². The summed E-state index contributed by atoms with van der Waals surface area (Å²) in [5.41, 5.74) is 0. The lowest BCUT2D eigenvalue weighted by Gasteiger charge is -2.25. The molecule has 0 unspecified atom stereocenters. The summed E-state index contributed by atoms with van der Waals surface area (Å²) < 4.78 is 0. The van der Waals surface area contributed by atoms with E-state index in [1.54, 1.807) is 0 Å². The normalized spacial score (nSPS) is 11.6. The van der Waals surface area contributed by atoms with E-state index in [1.807, 2.05) is 0 Å². The highest BCUT2D eigenvalue weighted by Crippen LogP contribution is 2.12. The molecule has 2 heteroatoms. The Kier molecular flexibility index (Phi) is 30.0. The van der Waals surface area contributed by atoms with Crippen molar-refractivity contribution in [2.24, 2.45) is 0 Å². The Balaban J connectivity index is 4.66. The Morgan fingerprint density at radius 2 is 0.472 bits per heavy atom. The van der Waals surface area contributed by atoms with Gasteiger partial charge in [-0.25, -0.2) is 0 Å². The van der Waals surface area contributed by atoms with Crippen LogP contribution < -0.4 is 0 Å². The summed E-state index contributed by atoms with van der Waals surface area (Å²) in [5, 5.41) is 0. The minimum absolute atomic E-state index is 1.25. The lowest BCUT2D eigenvalue weighted by atomic mass is 10.1. The van der Waals surface area contributed by atoms with Crippen LogP contribution in [-0.2, 0) is 0 Å². The summed E-state index contributed by atoms with van der Waals surface area (Å²) in [6.45, 7) is 14.3. The Labute approximate surface area is 230 Å². The number of hydrogen-bond acceptors (Lipinski definition) is 2. The smallest absolute Gasteiger partial charge is 0.0173 e. The van der Waals surface area contributed by atoms with E-state index in [2.05, 4.69) is 49.9 Å². The molecule has 0 aromatic rings. The maximum Gasteiger partial charge on any atom is 0.0173 e. The van der Waals surface area contributed by atoms with Crippen LogP contribution in [0.4, 0.5) is 0 Å². The van der Waals surface area contributed by atoms with Gasteiger partial charge in [-0.3, -0.25) is 0 Å². The van der Waals surface area contributed by atoms with E-state index in [9.17, 15) is 0 Å². The minimum atomic E-state index is 1.25. The summed E-state index contributed by atoms with van der Waals surface area (Å²) in [4.78, 5) is 5.32. The molecule has 0 heterocycles. The number of nitrogens with zero attached hydrogens (tertiary/aromatic N) is 2. The zero-order chi connectivity index (χ0) is 26.4. The van der Waals surface area contributed by atoms with E-state index in [-0.39, 0.29) is 0 Å². The summed E-state index contributed by atoms with van der Waals surface area (Å²) in [6, 6.07) is 0. The molecule has 36 heavy (non-hydrogen) atoms. The Bertz CT molecular complexity index is 349. The lowest BCUT2D eigenvalue weighted by molar-refractivity contribution is 0.318. The second-order valence-electron chi connectivity index (χ2n) is 11.4. The summed E-state index contributed by atoms with van der Waals surface area (Å²) in [6.07, 6.45) is 38.4. The molecule has 0 aromatic carbocycles. The van der Waals surface area contributed by atoms with E-state index in [0.29, 0.717) is 0 Å². The van der Waals surface area contributed by atoms with Crippen LogP contribution in [0.1, 0.15) is 182 Å². The predicted octanol–water partition coefficient (Wildman–Crippen LogP) is 11.5. The van der Waals surface area contributed by atoms with Crippen LogP contribution in [0.15, 0.2) is 12.4 Å². The van der Waals surface area contributed by atoms with Crippen molar-refractivity contribution in [3.8, 4) is 0 Å². The molecule has 0 aromatic heterocycles. The van der Waals surface area contributed by atoms with Crippen LogP contribution in [0, 0.1) is 0 Å². The predicted molar refractivity (Wildman–Crippen MR) is 166 cm³/mol. The molecule has 0 aliphatic rings. The van der Waals surface area contributed by atoms with Gasteiger partial charge in [0, 0.05) is 38.6 Å². The molecule has 0 aliphatic carbocycles. The summed E-state index contributed by atoms with van der Waals surface area (Å²) >= 11 is 0. The number of hydrogen-bond donors (Lipinski definition) is 0. The molecular formula is C34H70N2. The van der Waals surface area contributed by atoms with Crippen molar-refractivity contribution in [1.29, 1.82) is 0 Å². The molecule has 0 fully saturated rings. The van der Waals surface area contributed by atoms with Gasteiger partial charge in [-0.15, -0.1) is 0 Å². The molecule has 216 valence electrons. The fourth-order valence-corrected chi connectivity index (χ4v) is 5.09. The first-order valence-corrected chi connectivity index (χ1v) is 16.9. The van der Waals surface area contributed by atoms with Crippen LogP contribution in [0.3, 0.4) is 0 Å². The molecule has 0 atom stereocenters. The molecule has 0 saturated carbocycles. The SMILES string of the molecule is CCCCCCCCN(/C=C/N(CCCCCCCC)CCCCCCCC)CCCCCCCC. The molecule has 0 N–H and O–H groups in total. The molecule has 0 aliphatic heterocycles. The first-order chi connectivity index (χ1) is 17.8. The second-order valence-corrected chi connectivity index (χ2v) is 11.4. The molecular weight excluding hydrogens is 436 g/mol. The monoisotopic (exact) mass is 507 g/mol. The van der Waals surface area contributed by atoms with Crippen LogP contribution in [0.5, 0.6) is 0 Å². The maximum atomic E-state index is 2.66. The van der Waals surface area contributed by atoms with Crippen molar-refractivity contribution >= 4 is 0 Å². The largest absolute Gasteiger partial charge is 0.376 e. The van der Waals surface area contributed by atoms with E-state index >= 15 is 0 Å². The molecule has 0 spiro atoms. The van der Waals surface area contributed by atoms with Crippen LogP contribution >= 0.6 is 0 Å². The standard InChI is InChI=1S/C34H70N2/c1-5-9-13-17-21-25-29-35(30-26-22-18-14-10-6-2)33-34-36(31-27-23-19-15-11-7-3)32-28-24-20-16-12-8-4/h33-34H,5-32H2,1-4H3/b34-33+. The highest BCUT2D eigenvalue weighted by Gasteiger charge is 2.04. The molecule has 0 bridgehead atoms.